The van der Waals surface area contributed by atoms with Gasteiger partial charge in [-0.15, -0.1) is 0 Å². The molecule has 0 amide bonds. The zero-order chi connectivity index (χ0) is 16.8. The topological polar surface area (TPSA) is 102 Å². The lowest BCUT2D eigenvalue weighted by Crippen LogP contribution is -2.05. The molecule has 0 saturated heterocycles. The highest BCUT2D eigenvalue weighted by Gasteiger charge is 2.19. The average Bonchev–Trinajstić information content (AvgIpc) is 2.58. The van der Waals surface area contributed by atoms with Crippen molar-refractivity contribution < 1.29 is 19.2 Å². The van der Waals surface area contributed by atoms with E-state index in [4.69, 9.17) is 10.00 Å². The lowest BCUT2D eigenvalue weighted by molar-refractivity contribution is -0.385. The zero-order valence-electron chi connectivity index (χ0n) is 12.2. The van der Waals surface area contributed by atoms with E-state index in [1.54, 1.807) is 24.3 Å². The highest BCUT2D eigenvalue weighted by Crippen LogP contribution is 2.29. The number of hydrogen-bond acceptors (Lipinski definition) is 6. The minimum absolute atomic E-state index is 0.0325. The summed E-state index contributed by atoms with van der Waals surface area (Å²) < 4.78 is 10.0. The fourth-order valence-corrected chi connectivity index (χ4v) is 1.94. The molecule has 0 radical (unpaired) electrons. The number of hydrogen-bond donors (Lipinski definition) is 0. The van der Waals surface area contributed by atoms with Crippen LogP contribution in [0.2, 0.25) is 0 Å². The van der Waals surface area contributed by atoms with Crippen LogP contribution in [0, 0.1) is 21.4 Å². The Balaban J connectivity index is 2.32. The highest BCUT2D eigenvalue weighted by atomic mass is 16.6. The summed E-state index contributed by atoms with van der Waals surface area (Å²) in [5.74, 6) is -0.687. The van der Waals surface area contributed by atoms with Crippen molar-refractivity contribution in [2.75, 3.05) is 7.11 Å². The van der Waals surface area contributed by atoms with Crippen molar-refractivity contribution in [3.05, 3.63) is 69.3 Å². The summed E-state index contributed by atoms with van der Waals surface area (Å²) in [6.07, 6.45) is 0. The Morgan fingerprint density at radius 2 is 2.04 bits per heavy atom. The number of nitrogens with zero attached hydrogens (tertiary/aromatic N) is 2. The SMILES string of the molecule is COC(=O)c1ccc([N+](=O)[O-])c(OCc2ccccc2C#N)c1. The monoisotopic (exact) mass is 312 g/mol. The molecule has 0 aliphatic carbocycles. The molecule has 116 valence electrons. The molecule has 23 heavy (non-hydrogen) atoms. The largest absolute Gasteiger partial charge is 0.482 e. The molecular weight excluding hydrogens is 300 g/mol. The average molecular weight is 312 g/mol. The Labute approximate surface area is 131 Å². The van der Waals surface area contributed by atoms with Gasteiger partial charge in [-0.2, -0.15) is 5.26 Å². The van der Waals surface area contributed by atoms with E-state index >= 15 is 0 Å². The number of esters is 1. The van der Waals surface area contributed by atoms with E-state index in [0.717, 1.165) is 0 Å². The molecule has 0 aromatic heterocycles. The number of nitro groups is 1. The van der Waals surface area contributed by atoms with Gasteiger partial charge < -0.3 is 9.47 Å². The van der Waals surface area contributed by atoms with Crippen molar-refractivity contribution in [3.63, 3.8) is 0 Å². The Kier molecular flexibility index (Phi) is 4.89. The van der Waals surface area contributed by atoms with E-state index in [0.29, 0.717) is 11.1 Å². The van der Waals surface area contributed by atoms with Crippen molar-refractivity contribution in [2.45, 2.75) is 6.61 Å². The van der Waals surface area contributed by atoms with E-state index < -0.39 is 10.9 Å². The molecule has 0 fully saturated rings. The van der Waals surface area contributed by atoms with Crippen molar-refractivity contribution in [2.24, 2.45) is 0 Å². The number of rotatable bonds is 5. The molecule has 2 aromatic carbocycles. The second-order valence-corrected chi connectivity index (χ2v) is 4.49. The summed E-state index contributed by atoms with van der Waals surface area (Å²) in [6.45, 7) is -0.0325. The first kappa shape index (κ1) is 16.0. The molecule has 7 nitrogen and oxygen atoms in total. The van der Waals surface area contributed by atoms with Gasteiger partial charge in [-0.05, 0) is 12.1 Å². The summed E-state index contributed by atoms with van der Waals surface area (Å²) >= 11 is 0. The Bertz CT molecular complexity index is 795. The number of methoxy groups -OCH3 is 1. The van der Waals surface area contributed by atoms with Gasteiger partial charge in [0.2, 0.25) is 0 Å². The quantitative estimate of drug-likeness (QED) is 0.478. The van der Waals surface area contributed by atoms with E-state index in [1.807, 2.05) is 6.07 Å². The third-order valence-corrected chi connectivity index (χ3v) is 3.10. The number of nitriles is 1. The molecule has 0 aliphatic heterocycles. The van der Waals surface area contributed by atoms with E-state index in [2.05, 4.69) is 4.74 Å². The maximum Gasteiger partial charge on any atom is 0.337 e. The van der Waals surface area contributed by atoms with Gasteiger partial charge in [0.05, 0.1) is 29.2 Å². The van der Waals surface area contributed by atoms with Crippen LogP contribution in [0.1, 0.15) is 21.5 Å². The van der Waals surface area contributed by atoms with Crippen molar-refractivity contribution in [3.8, 4) is 11.8 Å². The number of nitro benzene ring substituents is 1. The van der Waals surface area contributed by atoms with Crippen LogP contribution in [0.15, 0.2) is 42.5 Å². The molecule has 0 aliphatic rings. The number of carbonyl (C=O) groups excluding carboxylic acids is 1. The second-order valence-electron chi connectivity index (χ2n) is 4.49. The normalized spacial score (nSPS) is 9.74. The number of ether oxygens (including phenoxy) is 2. The highest BCUT2D eigenvalue weighted by molar-refractivity contribution is 5.90. The predicted octanol–water partition coefficient (Wildman–Crippen LogP) is 2.83. The van der Waals surface area contributed by atoms with Gasteiger partial charge in [0.25, 0.3) is 0 Å². The number of carbonyl (C=O) groups is 1. The molecule has 2 aromatic rings. The molecule has 0 heterocycles. The molecule has 0 N–H and O–H groups in total. The summed E-state index contributed by atoms with van der Waals surface area (Å²) in [7, 11) is 1.22. The van der Waals surface area contributed by atoms with Crippen LogP contribution in [0.4, 0.5) is 5.69 Å². The van der Waals surface area contributed by atoms with Gasteiger partial charge in [0.15, 0.2) is 5.75 Å². The van der Waals surface area contributed by atoms with Crippen LogP contribution in [0.3, 0.4) is 0 Å². The van der Waals surface area contributed by atoms with Gasteiger partial charge in [0.1, 0.15) is 6.61 Å². The van der Waals surface area contributed by atoms with Gasteiger partial charge in [-0.25, -0.2) is 4.79 Å². The summed E-state index contributed by atoms with van der Waals surface area (Å²) in [4.78, 5) is 22.0. The first-order valence-corrected chi connectivity index (χ1v) is 6.54. The lowest BCUT2D eigenvalue weighted by atomic mass is 10.1. The fourth-order valence-electron chi connectivity index (χ4n) is 1.94. The predicted molar refractivity (Wildman–Crippen MR) is 79.9 cm³/mol. The van der Waals surface area contributed by atoms with Gasteiger partial charge >= 0.3 is 11.7 Å². The van der Waals surface area contributed by atoms with Gasteiger partial charge in [-0.3, -0.25) is 10.1 Å². The molecule has 0 unspecified atom stereocenters. The second kappa shape index (κ2) is 7.04. The van der Waals surface area contributed by atoms with Crippen LogP contribution >= 0.6 is 0 Å². The Morgan fingerprint density at radius 1 is 1.30 bits per heavy atom. The van der Waals surface area contributed by atoms with Crippen LogP contribution in [0.5, 0.6) is 5.75 Å². The molecule has 0 spiro atoms. The summed E-state index contributed by atoms with van der Waals surface area (Å²) in [5, 5.41) is 20.1. The maximum atomic E-state index is 11.5. The molecular formula is C16H12N2O5. The van der Waals surface area contributed by atoms with E-state index in [1.165, 1.54) is 25.3 Å². The Hall–Kier alpha value is -3.40. The standard InChI is InChI=1S/C16H12N2O5/c1-22-16(19)11-6-7-14(18(20)21)15(8-11)23-10-13-5-3-2-4-12(13)9-17/h2-8H,10H2,1H3. The molecule has 0 atom stereocenters. The third kappa shape index (κ3) is 3.63. The molecule has 0 bridgehead atoms. The maximum absolute atomic E-state index is 11.5. The minimum Gasteiger partial charge on any atom is -0.482 e. The molecule has 7 heteroatoms. The first-order valence-electron chi connectivity index (χ1n) is 6.54. The summed E-state index contributed by atoms with van der Waals surface area (Å²) in [6, 6.07) is 12.5. The molecule has 2 rings (SSSR count). The van der Waals surface area contributed by atoms with Crippen molar-refractivity contribution >= 4 is 11.7 Å². The van der Waals surface area contributed by atoms with E-state index in [9.17, 15) is 14.9 Å². The van der Waals surface area contributed by atoms with Crippen LogP contribution in [-0.4, -0.2) is 18.0 Å². The van der Waals surface area contributed by atoms with E-state index in [-0.39, 0.29) is 23.6 Å². The first-order chi connectivity index (χ1) is 11.1. The van der Waals surface area contributed by atoms with Crippen LogP contribution in [-0.2, 0) is 11.3 Å². The zero-order valence-corrected chi connectivity index (χ0v) is 12.2. The van der Waals surface area contributed by atoms with Gasteiger partial charge in [-0.1, -0.05) is 18.2 Å². The Morgan fingerprint density at radius 3 is 2.70 bits per heavy atom. The fraction of sp³-hybridized carbons (Fsp3) is 0.125. The minimum atomic E-state index is -0.623. The molecule has 0 saturated carbocycles. The number of benzene rings is 2. The van der Waals surface area contributed by atoms with Crippen LogP contribution < -0.4 is 4.74 Å². The lowest BCUT2D eigenvalue weighted by Gasteiger charge is -2.09. The van der Waals surface area contributed by atoms with Crippen LogP contribution in [0.25, 0.3) is 0 Å². The third-order valence-electron chi connectivity index (χ3n) is 3.10. The summed E-state index contributed by atoms with van der Waals surface area (Å²) in [5.41, 5.74) is 0.876. The van der Waals surface area contributed by atoms with Gasteiger partial charge in [0, 0.05) is 17.7 Å². The smallest absolute Gasteiger partial charge is 0.337 e. The van der Waals surface area contributed by atoms with Crippen molar-refractivity contribution in [1.82, 2.24) is 0 Å². The van der Waals surface area contributed by atoms with Crippen molar-refractivity contribution in [1.29, 1.82) is 5.26 Å².